The fraction of sp³-hybridized carbons (Fsp3) is 0.364. The number of carbonyl (C=O) groups is 1. The molecule has 19 heavy (non-hydrogen) atoms. The first-order valence-electron chi connectivity index (χ1n) is 5.34. The van der Waals surface area contributed by atoms with Crippen LogP contribution in [0.1, 0.15) is 6.92 Å². The molecule has 0 aromatic heterocycles. The van der Waals surface area contributed by atoms with E-state index in [0.717, 1.165) is 7.11 Å². The minimum atomic E-state index is -3.93. The molecule has 1 aromatic rings. The highest BCUT2D eigenvalue weighted by Crippen LogP contribution is 2.26. The molecular weight excluding hydrogens is 272 g/mol. The molecule has 0 heterocycles. The van der Waals surface area contributed by atoms with Gasteiger partial charge in [0, 0.05) is 6.07 Å². The lowest BCUT2D eigenvalue weighted by molar-refractivity contribution is -0.139. The Morgan fingerprint density at radius 1 is 1.37 bits per heavy atom. The van der Waals surface area contributed by atoms with Crippen LogP contribution in [0.4, 0.5) is 11.4 Å². The average Bonchev–Trinajstić information content (AvgIpc) is 2.39. The van der Waals surface area contributed by atoms with Crippen molar-refractivity contribution in [1.82, 2.24) is 0 Å². The maximum absolute atomic E-state index is 11.9. The first kappa shape index (κ1) is 15.1. The summed E-state index contributed by atoms with van der Waals surface area (Å²) in [6.45, 7) is 1.23. The van der Waals surface area contributed by atoms with Crippen molar-refractivity contribution in [3.05, 3.63) is 18.2 Å². The molecular formula is C11H16N2O5S. The van der Waals surface area contributed by atoms with Gasteiger partial charge < -0.3 is 15.2 Å². The van der Waals surface area contributed by atoms with Crippen molar-refractivity contribution in [2.45, 2.75) is 12.2 Å². The fourth-order valence-corrected chi connectivity index (χ4v) is 2.29. The Hall–Kier alpha value is -1.96. The summed E-state index contributed by atoms with van der Waals surface area (Å²) in [7, 11) is -1.37. The maximum atomic E-state index is 11.9. The van der Waals surface area contributed by atoms with Crippen molar-refractivity contribution >= 4 is 27.4 Å². The molecule has 0 spiro atoms. The summed E-state index contributed by atoms with van der Waals surface area (Å²) >= 11 is 0. The predicted molar refractivity (Wildman–Crippen MR) is 71.4 cm³/mol. The summed E-state index contributed by atoms with van der Waals surface area (Å²) in [6.07, 6.45) is 0. The topological polar surface area (TPSA) is 108 Å². The molecule has 0 radical (unpaired) electrons. The third-order valence-corrected chi connectivity index (χ3v) is 4.14. The molecule has 0 aliphatic heterocycles. The Kier molecular flexibility index (Phi) is 4.60. The molecule has 0 fully saturated rings. The van der Waals surface area contributed by atoms with Crippen LogP contribution in [0.15, 0.2) is 18.2 Å². The van der Waals surface area contributed by atoms with Gasteiger partial charge in [-0.05, 0) is 19.1 Å². The standard InChI is InChI=1S/C11H16N2O5S/c1-7(11(14)18-3)19(15,16)13-10-6-8(17-2)4-5-9(10)12/h4-7,13H,12H2,1-3H3. The van der Waals surface area contributed by atoms with E-state index in [4.69, 9.17) is 10.5 Å². The molecule has 1 rings (SSSR count). The van der Waals surface area contributed by atoms with Crippen LogP contribution >= 0.6 is 0 Å². The number of nitrogens with two attached hydrogens (primary N) is 1. The second-order valence-corrected chi connectivity index (χ2v) is 5.77. The number of nitrogens with one attached hydrogen (secondary N) is 1. The molecule has 0 saturated heterocycles. The van der Waals surface area contributed by atoms with Crippen molar-refractivity contribution < 1.29 is 22.7 Å². The van der Waals surface area contributed by atoms with Gasteiger partial charge in [-0.3, -0.25) is 9.52 Å². The Morgan fingerprint density at radius 3 is 2.53 bits per heavy atom. The van der Waals surface area contributed by atoms with E-state index in [9.17, 15) is 13.2 Å². The number of ether oxygens (including phenoxy) is 2. The van der Waals surface area contributed by atoms with Gasteiger partial charge in [-0.1, -0.05) is 0 Å². The number of nitrogen functional groups attached to an aromatic ring is 1. The van der Waals surface area contributed by atoms with Crippen molar-refractivity contribution in [3.63, 3.8) is 0 Å². The van der Waals surface area contributed by atoms with Crippen LogP contribution in [0.25, 0.3) is 0 Å². The number of hydrogen-bond donors (Lipinski definition) is 2. The Labute approximate surface area is 111 Å². The van der Waals surface area contributed by atoms with Gasteiger partial charge in [-0.25, -0.2) is 8.42 Å². The minimum Gasteiger partial charge on any atom is -0.497 e. The molecule has 3 N–H and O–H groups in total. The van der Waals surface area contributed by atoms with Crippen molar-refractivity contribution in [1.29, 1.82) is 0 Å². The summed E-state index contributed by atoms with van der Waals surface area (Å²) in [6, 6.07) is 4.52. The fourth-order valence-electron chi connectivity index (χ4n) is 1.29. The van der Waals surface area contributed by atoms with E-state index in [1.54, 1.807) is 6.07 Å². The predicted octanol–water partition coefficient (Wildman–Crippen LogP) is 0.581. The van der Waals surface area contributed by atoms with Gasteiger partial charge in [0.05, 0.1) is 25.6 Å². The van der Waals surface area contributed by atoms with Crippen LogP contribution in [-0.4, -0.2) is 33.9 Å². The van der Waals surface area contributed by atoms with Gasteiger partial charge in [0.15, 0.2) is 5.25 Å². The highest BCUT2D eigenvalue weighted by Gasteiger charge is 2.29. The summed E-state index contributed by atoms with van der Waals surface area (Å²) in [4.78, 5) is 11.3. The first-order valence-corrected chi connectivity index (χ1v) is 6.89. The van der Waals surface area contributed by atoms with Gasteiger partial charge in [0.25, 0.3) is 0 Å². The van der Waals surface area contributed by atoms with E-state index in [0.29, 0.717) is 5.75 Å². The monoisotopic (exact) mass is 288 g/mol. The van der Waals surface area contributed by atoms with Crippen LogP contribution in [0.3, 0.4) is 0 Å². The van der Waals surface area contributed by atoms with Gasteiger partial charge >= 0.3 is 5.97 Å². The van der Waals surface area contributed by atoms with Crippen molar-refractivity contribution in [2.75, 3.05) is 24.7 Å². The number of hydrogen-bond acceptors (Lipinski definition) is 6. The number of esters is 1. The molecule has 0 aliphatic carbocycles. The summed E-state index contributed by atoms with van der Waals surface area (Å²) in [5.41, 5.74) is 6.03. The van der Waals surface area contributed by atoms with E-state index in [1.165, 1.54) is 26.2 Å². The number of methoxy groups -OCH3 is 2. The minimum absolute atomic E-state index is 0.148. The number of sulfonamides is 1. The van der Waals surface area contributed by atoms with Gasteiger partial charge in [-0.15, -0.1) is 0 Å². The largest absolute Gasteiger partial charge is 0.497 e. The smallest absolute Gasteiger partial charge is 0.325 e. The summed E-state index contributed by atoms with van der Waals surface area (Å²) in [5, 5.41) is -1.34. The van der Waals surface area contributed by atoms with Crippen molar-refractivity contribution in [3.8, 4) is 5.75 Å². The zero-order chi connectivity index (χ0) is 14.6. The summed E-state index contributed by atoms with van der Waals surface area (Å²) < 4.78 is 35.5. The van der Waals surface area contributed by atoms with Gasteiger partial charge in [0.2, 0.25) is 10.0 Å². The Morgan fingerprint density at radius 2 is 2.00 bits per heavy atom. The molecule has 1 unspecified atom stereocenters. The number of anilines is 2. The maximum Gasteiger partial charge on any atom is 0.325 e. The van der Waals surface area contributed by atoms with E-state index in [1.807, 2.05) is 0 Å². The van der Waals surface area contributed by atoms with Gasteiger partial charge in [-0.2, -0.15) is 0 Å². The lowest BCUT2D eigenvalue weighted by atomic mass is 10.2. The molecule has 0 aliphatic rings. The van der Waals surface area contributed by atoms with Crippen LogP contribution in [0, 0.1) is 0 Å². The molecule has 1 aromatic carbocycles. The molecule has 1 atom stereocenters. The van der Waals surface area contributed by atoms with Gasteiger partial charge in [0.1, 0.15) is 5.75 Å². The van der Waals surface area contributed by atoms with Crippen LogP contribution < -0.4 is 15.2 Å². The quantitative estimate of drug-likeness (QED) is 0.606. The first-order chi connectivity index (χ1) is 8.81. The lowest BCUT2D eigenvalue weighted by Gasteiger charge is -2.15. The zero-order valence-electron chi connectivity index (χ0n) is 10.8. The Bertz CT molecular complexity index is 570. The molecule has 0 amide bonds. The number of benzene rings is 1. The lowest BCUT2D eigenvalue weighted by Crippen LogP contribution is -2.33. The molecule has 7 nitrogen and oxygen atoms in total. The molecule has 0 bridgehead atoms. The zero-order valence-corrected chi connectivity index (χ0v) is 11.7. The second-order valence-electron chi connectivity index (χ2n) is 3.77. The highest BCUT2D eigenvalue weighted by molar-refractivity contribution is 7.94. The molecule has 0 saturated carbocycles. The SMILES string of the molecule is COC(=O)C(C)S(=O)(=O)Nc1cc(OC)ccc1N. The Balaban J connectivity index is 3.04. The van der Waals surface area contributed by atoms with E-state index < -0.39 is 21.2 Å². The third kappa shape index (κ3) is 3.50. The summed E-state index contributed by atoms with van der Waals surface area (Å²) in [5.74, 6) is -0.411. The van der Waals surface area contributed by atoms with Crippen LogP contribution in [-0.2, 0) is 19.6 Å². The van der Waals surface area contributed by atoms with E-state index in [2.05, 4.69) is 9.46 Å². The number of carbonyl (C=O) groups excluding carboxylic acids is 1. The van der Waals surface area contributed by atoms with Crippen LogP contribution in [0.2, 0.25) is 0 Å². The van der Waals surface area contributed by atoms with Crippen LogP contribution in [0.5, 0.6) is 5.75 Å². The normalized spacial score (nSPS) is 12.6. The van der Waals surface area contributed by atoms with Crippen molar-refractivity contribution in [2.24, 2.45) is 0 Å². The number of rotatable bonds is 5. The average molecular weight is 288 g/mol. The molecule has 106 valence electrons. The second kappa shape index (κ2) is 5.79. The van der Waals surface area contributed by atoms with E-state index in [-0.39, 0.29) is 11.4 Å². The highest BCUT2D eigenvalue weighted by atomic mass is 32.2. The molecule has 8 heteroatoms. The van der Waals surface area contributed by atoms with E-state index >= 15 is 0 Å². The third-order valence-electron chi connectivity index (χ3n) is 2.51.